The number of hydrogen-bond acceptors (Lipinski definition) is 4. The van der Waals surface area contributed by atoms with Crippen LogP contribution >= 0.6 is 0 Å². The molecule has 0 spiro atoms. The van der Waals surface area contributed by atoms with Crippen molar-refractivity contribution in [3.63, 3.8) is 0 Å². The van der Waals surface area contributed by atoms with Crippen molar-refractivity contribution >= 4 is 16.9 Å². The Balaban J connectivity index is 1.95. The van der Waals surface area contributed by atoms with Crippen molar-refractivity contribution in [2.24, 2.45) is 13.0 Å². The second-order valence-electron chi connectivity index (χ2n) is 6.45. The number of aliphatic hydroxyl groups excluding tert-OH is 1. The van der Waals surface area contributed by atoms with Gasteiger partial charge in [0, 0.05) is 32.3 Å². The molecule has 0 bridgehead atoms. The van der Waals surface area contributed by atoms with Crippen molar-refractivity contribution in [2.45, 2.75) is 32.3 Å². The number of aliphatic hydroxyl groups is 1. The van der Waals surface area contributed by atoms with Crippen LogP contribution in [0.1, 0.15) is 35.3 Å². The first-order valence-electron chi connectivity index (χ1n) is 7.88. The van der Waals surface area contributed by atoms with E-state index in [1.165, 1.54) is 4.68 Å². The Morgan fingerprint density at radius 3 is 2.91 bits per heavy atom. The maximum Gasteiger partial charge on any atom is 0.274 e. The van der Waals surface area contributed by atoms with Crippen LogP contribution in [0, 0.1) is 12.8 Å². The van der Waals surface area contributed by atoms with Gasteiger partial charge in [-0.1, -0.05) is 6.42 Å². The van der Waals surface area contributed by atoms with Gasteiger partial charge < -0.3 is 10.0 Å². The lowest BCUT2D eigenvalue weighted by molar-refractivity contribution is 0.0695. The molecule has 0 radical (unpaired) electrons. The summed E-state index contributed by atoms with van der Waals surface area (Å²) in [4.78, 5) is 30.9. The number of aromatic amines is 1. The van der Waals surface area contributed by atoms with Gasteiger partial charge in [0.05, 0.1) is 17.1 Å². The van der Waals surface area contributed by atoms with Crippen LogP contribution in [-0.4, -0.2) is 50.4 Å². The predicted molar refractivity (Wildman–Crippen MR) is 86.4 cm³/mol. The molecule has 1 saturated carbocycles. The summed E-state index contributed by atoms with van der Waals surface area (Å²) < 4.78 is 1.53. The molecule has 0 aliphatic heterocycles. The van der Waals surface area contributed by atoms with E-state index in [2.05, 4.69) is 10.1 Å². The Morgan fingerprint density at radius 2 is 2.26 bits per heavy atom. The van der Waals surface area contributed by atoms with Gasteiger partial charge in [0.25, 0.3) is 11.5 Å². The minimum absolute atomic E-state index is 0.108. The fourth-order valence-corrected chi connectivity index (χ4v) is 3.42. The van der Waals surface area contributed by atoms with E-state index in [4.69, 9.17) is 0 Å². The number of hydrogen-bond donors (Lipinski definition) is 2. The van der Waals surface area contributed by atoms with Gasteiger partial charge in [0.15, 0.2) is 5.65 Å². The summed E-state index contributed by atoms with van der Waals surface area (Å²) in [6.07, 6.45) is 2.37. The molecule has 3 rings (SSSR count). The fourth-order valence-electron chi connectivity index (χ4n) is 3.42. The number of fused-ring (bicyclic) bond motifs is 1. The third-order valence-electron chi connectivity index (χ3n) is 4.65. The Kier molecular flexibility index (Phi) is 3.97. The lowest BCUT2D eigenvalue weighted by Gasteiger charge is -2.23. The maximum absolute atomic E-state index is 12.8. The second kappa shape index (κ2) is 5.81. The quantitative estimate of drug-likeness (QED) is 0.876. The molecule has 1 aliphatic carbocycles. The van der Waals surface area contributed by atoms with E-state index in [0.29, 0.717) is 28.8 Å². The van der Waals surface area contributed by atoms with Crippen molar-refractivity contribution in [3.8, 4) is 0 Å². The minimum Gasteiger partial charge on any atom is -0.393 e. The smallest absolute Gasteiger partial charge is 0.274 e. The van der Waals surface area contributed by atoms with Gasteiger partial charge in [-0.15, -0.1) is 0 Å². The second-order valence-corrected chi connectivity index (χ2v) is 6.45. The van der Waals surface area contributed by atoms with E-state index < -0.39 is 0 Å². The molecule has 1 aliphatic rings. The highest BCUT2D eigenvalue weighted by Crippen LogP contribution is 2.26. The Hall–Kier alpha value is -2.15. The molecule has 0 aromatic carbocycles. The summed E-state index contributed by atoms with van der Waals surface area (Å²) in [5.41, 5.74) is 1.22. The Bertz CT molecular complexity index is 807. The maximum atomic E-state index is 12.8. The summed E-state index contributed by atoms with van der Waals surface area (Å²) in [6.45, 7) is 2.29. The summed E-state index contributed by atoms with van der Waals surface area (Å²) >= 11 is 0. The zero-order chi connectivity index (χ0) is 16.7. The zero-order valence-electron chi connectivity index (χ0n) is 13.7. The van der Waals surface area contributed by atoms with Crippen molar-refractivity contribution in [1.29, 1.82) is 0 Å². The number of rotatable bonds is 3. The lowest BCUT2D eigenvalue weighted by Crippen LogP contribution is -2.35. The van der Waals surface area contributed by atoms with E-state index in [1.54, 1.807) is 32.0 Å². The molecule has 7 nitrogen and oxygen atoms in total. The van der Waals surface area contributed by atoms with E-state index in [1.807, 2.05) is 0 Å². The first kappa shape index (κ1) is 15.7. The topological polar surface area (TPSA) is 91.2 Å². The average molecular weight is 318 g/mol. The van der Waals surface area contributed by atoms with Crippen LogP contribution in [0.3, 0.4) is 0 Å². The summed E-state index contributed by atoms with van der Waals surface area (Å²) in [7, 11) is 3.41. The third-order valence-corrected chi connectivity index (χ3v) is 4.65. The predicted octanol–water partition coefficient (Wildman–Crippen LogP) is 0.803. The molecule has 2 aromatic rings. The van der Waals surface area contributed by atoms with Crippen LogP contribution in [0.25, 0.3) is 11.0 Å². The molecule has 2 heterocycles. The van der Waals surface area contributed by atoms with Gasteiger partial charge >= 0.3 is 0 Å². The largest absolute Gasteiger partial charge is 0.393 e. The highest BCUT2D eigenvalue weighted by molar-refractivity contribution is 6.05. The number of carbonyl (C=O) groups excluding carboxylic acids is 1. The molecular formula is C16H22N4O3. The van der Waals surface area contributed by atoms with E-state index in [0.717, 1.165) is 19.3 Å². The number of amides is 1. The van der Waals surface area contributed by atoms with E-state index in [-0.39, 0.29) is 23.5 Å². The minimum atomic E-state index is -0.343. The molecule has 124 valence electrons. The highest BCUT2D eigenvalue weighted by Gasteiger charge is 2.29. The molecule has 1 fully saturated rings. The SMILES string of the molecule is Cc1cc(C(=O)N(C)CC2CCCC2O)c2c(=O)[nH]n(C)c2n1. The molecule has 2 unspecified atom stereocenters. The molecule has 2 N–H and O–H groups in total. The zero-order valence-corrected chi connectivity index (χ0v) is 13.7. The monoisotopic (exact) mass is 318 g/mol. The number of aromatic nitrogens is 3. The summed E-state index contributed by atoms with van der Waals surface area (Å²) in [6, 6.07) is 1.65. The first-order valence-corrected chi connectivity index (χ1v) is 7.88. The van der Waals surface area contributed by atoms with Gasteiger partial charge in [-0.25, -0.2) is 4.98 Å². The molecule has 23 heavy (non-hydrogen) atoms. The molecule has 7 heteroatoms. The van der Waals surface area contributed by atoms with Crippen molar-refractivity contribution in [2.75, 3.05) is 13.6 Å². The van der Waals surface area contributed by atoms with Crippen molar-refractivity contribution in [3.05, 3.63) is 27.7 Å². The fraction of sp³-hybridized carbons (Fsp3) is 0.562. The summed E-state index contributed by atoms with van der Waals surface area (Å²) in [5.74, 6) is -0.104. The normalized spacial score (nSPS) is 21.0. The Labute approximate surface area is 133 Å². The van der Waals surface area contributed by atoms with Crippen LogP contribution < -0.4 is 5.56 Å². The third kappa shape index (κ3) is 2.76. The van der Waals surface area contributed by atoms with Gasteiger partial charge in [-0.05, 0) is 25.8 Å². The van der Waals surface area contributed by atoms with E-state index in [9.17, 15) is 14.7 Å². The van der Waals surface area contributed by atoms with Crippen LogP contribution in [0.15, 0.2) is 10.9 Å². The average Bonchev–Trinajstić information content (AvgIpc) is 3.02. The molecule has 0 saturated heterocycles. The van der Waals surface area contributed by atoms with Crippen LogP contribution in [0.2, 0.25) is 0 Å². The van der Waals surface area contributed by atoms with E-state index >= 15 is 0 Å². The van der Waals surface area contributed by atoms with Crippen LogP contribution in [0.5, 0.6) is 0 Å². The highest BCUT2D eigenvalue weighted by atomic mass is 16.3. The van der Waals surface area contributed by atoms with Crippen LogP contribution in [-0.2, 0) is 7.05 Å². The number of carbonyl (C=O) groups is 1. The van der Waals surface area contributed by atoms with Crippen molar-refractivity contribution in [1.82, 2.24) is 19.7 Å². The van der Waals surface area contributed by atoms with Gasteiger partial charge in [0.2, 0.25) is 0 Å². The summed E-state index contributed by atoms with van der Waals surface area (Å²) in [5, 5.41) is 12.9. The number of aryl methyl sites for hydroxylation is 2. The van der Waals surface area contributed by atoms with Crippen molar-refractivity contribution < 1.29 is 9.90 Å². The number of nitrogens with zero attached hydrogens (tertiary/aromatic N) is 3. The van der Waals surface area contributed by atoms with Gasteiger partial charge in [0.1, 0.15) is 0 Å². The van der Waals surface area contributed by atoms with Gasteiger partial charge in [-0.3, -0.25) is 19.4 Å². The number of pyridine rings is 1. The lowest BCUT2D eigenvalue weighted by atomic mass is 10.0. The van der Waals surface area contributed by atoms with Crippen LogP contribution in [0.4, 0.5) is 0 Å². The number of H-pyrrole nitrogens is 1. The number of nitrogens with one attached hydrogen (secondary N) is 1. The molecule has 1 amide bonds. The molecular weight excluding hydrogens is 296 g/mol. The molecule has 2 aromatic heterocycles. The first-order chi connectivity index (χ1) is 10.9. The standard InChI is InChI=1S/C16H22N4O3/c1-9-7-11(13-14(17-9)20(3)18-15(13)22)16(23)19(2)8-10-5-4-6-12(10)21/h7,10,12,21H,4-6,8H2,1-3H3,(H,18,22). The Morgan fingerprint density at radius 1 is 1.52 bits per heavy atom. The molecule has 2 atom stereocenters. The van der Waals surface area contributed by atoms with Gasteiger partial charge in [-0.2, -0.15) is 0 Å².